The third-order valence-electron chi connectivity index (χ3n) is 2.58. The van der Waals surface area contributed by atoms with Gasteiger partial charge in [-0.15, -0.1) is 0 Å². The Morgan fingerprint density at radius 1 is 1.73 bits per heavy atom. The Kier molecular flexibility index (Phi) is 2.09. The van der Waals surface area contributed by atoms with Crippen LogP contribution in [0.2, 0.25) is 0 Å². The molecule has 0 saturated heterocycles. The Labute approximate surface area is 67.3 Å². The largest absolute Gasteiger partial charge is 0.333 e. The number of quaternary nitrogens is 1. The summed E-state index contributed by atoms with van der Waals surface area (Å²) < 4.78 is 2.07. The summed E-state index contributed by atoms with van der Waals surface area (Å²) in [6.45, 7) is 4.64. The van der Waals surface area contributed by atoms with Crippen molar-refractivity contribution in [3.05, 3.63) is 0 Å². The first-order valence-corrected chi connectivity index (χ1v) is 3.93. The number of nitrogens with zero attached hydrogens (tertiary/aromatic N) is 1. The second-order valence-electron chi connectivity index (χ2n) is 3.31. The third-order valence-corrected chi connectivity index (χ3v) is 2.58. The Bertz CT molecular complexity index is 220. The lowest BCUT2D eigenvalue weighted by Crippen LogP contribution is -3.10. The minimum absolute atomic E-state index is 0.106. The minimum atomic E-state index is 0.106. The molecule has 0 aliphatic carbocycles. The lowest BCUT2D eigenvalue weighted by Gasteiger charge is -1.98. The van der Waals surface area contributed by atoms with Gasteiger partial charge >= 0.3 is 5.84 Å². The molecule has 0 fully saturated rings. The fourth-order valence-corrected chi connectivity index (χ4v) is 1.53. The fourth-order valence-electron chi connectivity index (χ4n) is 1.53. The van der Waals surface area contributed by atoms with E-state index < -0.39 is 0 Å². The Morgan fingerprint density at radius 2 is 2.27 bits per heavy atom. The zero-order valence-electron chi connectivity index (χ0n) is 7.64. The number of carbonyl (C=O) groups is 1. The van der Waals surface area contributed by atoms with Crippen LogP contribution >= 0.6 is 0 Å². The van der Waals surface area contributed by atoms with Gasteiger partial charge < -0.3 is 0 Å². The summed E-state index contributed by atoms with van der Waals surface area (Å²) >= 11 is 0. The van der Waals surface area contributed by atoms with Crippen molar-refractivity contribution in [2.45, 2.75) is 19.9 Å². The van der Waals surface area contributed by atoms with E-state index >= 15 is 0 Å². The van der Waals surface area contributed by atoms with E-state index in [0.29, 0.717) is 0 Å². The van der Waals surface area contributed by atoms with E-state index in [4.69, 9.17) is 0 Å². The summed E-state index contributed by atoms with van der Waals surface area (Å²) in [5.74, 6) is 1.52. The molecular formula is C8H16N2O+2. The maximum atomic E-state index is 11.1. The van der Waals surface area contributed by atoms with Crippen LogP contribution in [0.15, 0.2) is 0 Å². The molecule has 0 amide bonds. The molecule has 1 aliphatic rings. The zero-order valence-corrected chi connectivity index (χ0v) is 7.64. The van der Waals surface area contributed by atoms with Crippen LogP contribution in [-0.2, 0) is 4.79 Å². The number of hydrogen-bond acceptors (Lipinski definition) is 1. The van der Waals surface area contributed by atoms with Crippen molar-refractivity contribution in [2.24, 2.45) is 0 Å². The Morgan fingerprint density at radius 3 is 2.45 bits per heavy atom. The first kappa shape index (κ1) is 8.40. The number of amidine groups is 1. The van der Waals surface area contributed by atoms with E-state index in [2.05, 4.69) is 18.5 Å². The molecule has 0 spiro atoms. The van der Waals surface area contributed by atoms with Gasteiger partial charge in [0.05, 0.1) is 14.0 Å². The van der Waals surface area contributed by atoms with Crippen molar-refractivity contribution >= 4 is 11.6 Å². The highest BCUT2D eigenvalue weighted by atomic mass is 16.1. The molecule has 0 aromatic heterocycles. The van der Waals surface area contributed by atoms with E-state index in [1.807, 2.05) is 7.05 Å². The van der Waals surface area contributed by atoms with Crippen LogP contribution in [0.4, 0.5) is 0 Å². The monoisotopic (exact) mass is 156 g/mol. The quantitative estimate of drug-likeness (QED) is 0.461. The van der Waals surface area contributed by atoms with Gasteiger partial charge in [-0.05, 0) is 0 Å². The molecule has 1 aliphatic heterocycles. The van der Waals surface area contributed by atoms with E-state index in [9.17, 15) is 4.79 Å². The normalized spacial score (nSPS) is 31.3. The number of carbonyl (C=O) groups excluding carboxylic acids is 1. The number of hydrogen-bond donors (Lipinski definition) is 1. The van der Waals surface area contributed by atoms with Crippen LogP contribution in [0.25, 0.3) is 0 Å². The minimum Gasteiger partial charge on any atom is -0.292 e. The lowest BCUT2D eigenvalue weighted by molar-refractivity contribution is -0.778. The second-order valence-corrected chi connectivity index (χ2v) is 3.31. The van der Waals surface area contributed by atoms with Crippen LogP contribution in [0.5, 0.6) is 0 Å². The molecule has 0 aromatic carbocycles. The van der Waals surface area contributed by atoms with E-state index in [0.717, 1.165) is 6.54 Å². The predicted molar refractivity (Wildman–Crippen MR) is 43.1 cm³/mol. The van der Waals surface area contributed by atoms with Gasteiger partial charge in [-0.25, -0.2) is 4.90 Å². The lowest BCUT2D eigenvalue weighted by atomic mass is 10.2. The van der Waals surface area contributed by atoms with E-state index in [-0.39, 0.29) is 11.8 Å². The first-order valence-electron chi connectivity index (χ1n) is 3.93. The molecule has 2 unspecified atom stereocenters. The van der Waals surface area contributed by atoms with Crippen LogP contribution in [0.3, 0.4) is 0 Å². The molecule has 0 aromatic rings. The SMILES string of the molecule is CC(=O)C1C[NH+](C)C(C)=[N+]1C. The first-order chi connectivity index (χ1) is 5.04. The van der Waals surface area contributed by atoms with Gasteiger partial charge in [0, 0.05) is 6.92 Å². The highest BCUT2D eigenvalue weighted by molar-refractivity contribution is 5.82. The highest BCUT2D eigenvalue weighted by Gasteiger charge is 2.39. The van der Waals surface area contributed by atoms with Crippen LogP contribution in [0, 0.1) is 0 Å². The van der Waals surface area contributed by atoms with Crippen molar-refractivity contribution in [3.8, 4) is 0 Å². The van der Waals surface area contributed by atoms with Gasteiger partial charge in [-0.2, -0.15) is 4.58 Å². The van der Waals surface area contributed by atoms with Gasteiger partial charge in [0.1, 0.15) is 7.05 Å². The molecule has 1 rings (SSSR count). The molecule has 1 heterocycles. The van der Waals surface area contributed by atoms with E-state index in [1.54, 1.807) is 6.92 Å². The molecular weight excluding hydrogens is 140 g/mol. The number of rotatable bonds is 1. The number of Topliss-reactive ketones (excluding diaryl/α,β-unsaturated/α-hetero) is 1. The molecule has 62 valence electrons. The average molecular weight is 156 g/mol. The van der Waals surface area contributed by atoms with Crippen LogP contribution in [-0.4, -0.2) is 42.9 Å². The van der Waals surface area contributed by atoms with E-state index in [1.165, 1.54) is 10.7 Å². The standard InChI is InChI=1S/C8H15N2O/c1-6(11)8-5-9(3)7(2)10(8)4/h8H,5H2,1-4H3/q+1/p+1. The molecule has 1 N–H and O–H groups in total. The topological polar surface area (TPSA) is 24.5 Å². The van der Waals surface area contributed by atoms with Crippen molar-refractivity contribution in [1.82, 2.24) is 0 Å². The summed E-state index contributed by atoms with van der Waals surface area (Å²) in [7, 11) is 4.08. The predicted octanol–water partition coefficient (Wildman–Crippen LogP) is -1.47. The third kappa shape index (κ3) is 1.33. The van der Waals surface area contributed by atoms with Gasteiger partial charge in [-0.3, -0.25) is 4.79 Å². The molecule has 0 saturated carbocycles. The molecule has 2 atom stereocenters. The van der Waals surface area contributed by atoms with Gasteiger partial charge in [0.2, 0.25) is 5.78 Å². The van der Waals surface area contributed by atoms with Gasteiger partial charge in [0.25, 0.3) is 6.04 Å². The van der Waals surface area contributed by atoms with Crippen molar-refractivity contribution in [1.29, 1.82) is 0 Å². The Balaban J connectivity index is 2.86. The number of likely N-dealkylation sites (N-methyl/N-ethyl adjacent to an activating group) is 2. The molecule has 3 nitrogen and oxygen atoms in total. The molecule has 0 radical (unpaired) electrons. The average Bonchev–Trinajstić information content (AvgIpc) is 2.17. The summed E-state index contributed by atoms with van der Waals surface area (Å²) in [6, 6.07) is 0.106. The van der Waals surface area contributed by atoms with Crippen molar-refractivity contribution in [2.75, 3.05) is 20.6 Å². The maximum Gasteiger partial charge on any atom is 0.333 e. The molecule has 3 heteroatoms. The van der Waals surface area contributed by atoms with Gasteiger partial charge in [-0.1, -0.05) is 0 Å². The van der Waals surface area contributed by atoms with Crippen LogP contribution in [0.1, 0.15) is 13.8 Å². The summed E-state index contributed by atoms with van der Waals surface area (Å²) in [6.07, 6.45) is 0. The van der Waals surface area contributed by atoms with Crippen molar-refractivity contribution < 1.29 is 14.3 Å². The van der Waals surface area contributed by atoms with Gasteiger partial charge in [0.15, 0.2) is 6.54 Å². The Hall–Kier alpha value is -0.700. The second kappa shape index (κ2) is 2.74. The number of nitrogens with one attached hydrogen (secondary N) is 1. The smallest absolute Gasteiger partial charge is 0.292 e. The summed E-state index contributed by atoms with van der Waals surface area (Å²) in [4.78, 5) is 12.4. The summed E-state index contributed by atoms with van der Waals surface area (Å²) in [5, 5.41) is 0. The fraction of sp³-hybridized carbons (Fsp3) is 0.750. The summed E-state index contributed by atoms with van der Waals surface area (Å²) in [5.41, 5.74) is 0. The maximum absolute atomic E-state index is 11.1. The van der Waals surface area contributed by atoms with Crippen molar-refractivity contribution in [3.63, 3.8) is 0 Å². The van der Waals surface area contributed by atoms with Crippen LogP contribution < -0.4 is 4.90 Å². The molecule has 0 bridgehead atoms. The highest BCUT2D eigenvalue weighted by Crippen LogP contribution is 1.93. The molecule has 11 heavy (non-hydrogen) atoms. The number of ketones is 1. The zero-order chi connectivity index (χ0) is 8.59.